The molecule has 0 amide bonds. The molecular weight excluding hydrogens is 146 g/mol. The Morgan fingerprint density at radius 3 is 2.42 bits per heavy atom. The van der Waals surface area contributed by atoms with E-state index in [1.807, 2.05) is 0 Å². The summed E-state index contributed by atoms with van der Waals surface area (Å²) < 4.78 is 0. The minimum atomic E-state index is 0.407. The highest BCUT2D eigenvalue weighted by atomic mass is 14.5. The summed E-state index contributed by atoms with van der Waals surface area (Å²) in [6.07, 6.45) is 6.05. The van der Waals surface area contributed by atoms with E-state index in [0.29, 0.717) is 6.54 Å². The van der Waals surface area contributed by atoms with Gasteiger partial charge < -0.3 is 5.73 Å². The van der Waals surface area contributed by atoms with Gasteiger partial charge in [-0.25, -0.2) is 0 Å². The minimum absolute atomic E-state index is 0.407. The summed E-state index contributed by atoms with van der Waals surface area (Å²) in [6, 6.07) is 0. The van der Waals surface area contributed by atoms with Gasteiger partial charge in [0.2, 0.25) is 0 Å². The molecule has 0 rings (SSSR count). The summed E-state index contributed by atoms with van der Waals surface area (Å²) in [6.45, 7) is 2.61. The molecule has 0 aliphatic heterocycles. The fraction of sp³-hybridized carbons (Fsp3) is 0.636. The first-order chi connectivity index (χ1) is 5.91. The molecule has 0 spiro atoms. The van der Waals surface area contributed by atoms with Crippen LogP contribution in [0, 0.1) is 23.7 Å². The third-order valence-corrected chi connectivity index (χ3v) is 1.50. The van der Waals surface area contributed by atoms with E-state index in [1.54, 1.807) is 0 Å². The molecule has 0 unspecified atom stereocenters. The summed E-state index contributed by atoms with van der Waals surface area (Å²) in [5, 5.41) is 0. The van der Waals surface area contributed by atoms with Gasteiger partial charge in [0.1, 0.15) is 0 Å². The molecular formula is C11H17N. The Hall–Kier alpha value is -0.920. The van der Waals surface area contributed by atoms with Crippen molar-refractivity contribution in [2.45, 2.75) is 39.0 Å². The van der Waals surface area contributed by atoms with Crippen molar-refractivity contribution in [3.05, 3.63) is 0 Å². The van der Waals surface area contributed by atoms with Crippen LogP contribution in [0.2, 0.25) is 0 Å². The maximum absolute atomic E-state index is 5.17. The van der Waals surface area contributed by atoms with Crippen LogP contribution < -0.4 is 5.73 Å². The number of hydrogen-bond donors (Lipinski definition) is 1. The fourth-order valence-corrected chi connectivity index (χ4v) is 0.842. The molecule has 0 bridgehead atoms. The molecule has 0 aliphatic rings. The molecule has 0 heterocycles. The monoisotopic (exact) mass is 163 g/mol. The molecule has 0 saturated carbocycles. The first-order valence-corrected chi connectivity index (χ1v) is 4.57. The van der Waals surface area contributed by atoms with Crippen LogP contribution in [-0.2, 0) is 0 Å². The van der Waals surface area contributed by atoms with E-state index in [2.05, 4.69) is 30.6 Å². The van der Waals surface area contributed by atoms with E-state index in [9.17, 15) is 0 Å². The Kier molecular flexibility index (Phi) is 9.31. The molecule has 66 valence electrons. The summed E-state index contributed by atoms with van der Waals surface area (Å²) in [5.41, 5.74) is 5.17. The third kappa shape index (κ3) is 9.08. The van der Waals surface area contributed by atoms with Crippen LogP contribution in [0.5, 0.6) is 0 Å². The van der Waals surface area contributed by atoms with E-state index >= 15 is 0 Å². The van der Waals surface area contributed by atoms with Crippen molar-refractivity contribution < 1.29 is 0 Å². The van der Waals surface area contributed by atoms with Crippen LogP contribution in [0.4, 0.5) is 0 Å². The van der Waals surface area contributed by atoms with Gasteiger partial charge in [-0.15, -0.1) is 0 Å². The lowest BCUT2D eigenvalue weighted by molar-refractivity contribution is 0.680. The summed E-state index contributed by atoms with van der Waals surface area (Å²) in [7, 11) is 0. The van der Waals surface area contributed by atoms with Gasteiger partial charge in [0, 0.05) is 6.42 Å². The van der Waals surface area contributed by atoms with Crippen LogP contribution in [0.1, 0.15) is 39.0 Å². The van der Waals surface area contributed by atoms with Crippen LogP contribution in [-0.4, -0.2) is 6.54 Å². The molecule has 0 atom stereocenters. The van der Waals surface area contributed by atoms with Gasteiger partial charge in [-0.2, -0.15) is 0 Å². The number of unbranched alkanes of at least 4 members (excludes halogenated alkanes) is 4. The van der Waals surface area contributed by atoms with Gasteiger partial charge in [0.05, 0.1) is 6.54 Å². The lowest BCUT2D eigenvalue weighted by Crippen LogP contribution is -1.92. The molecule has 2 N–H and O–H groups in total. The van der Waals surface area contributed by atoms with E-state index < -0.39 is 0 Å². The maximum atomic E-state index is 5.17. The molecule has 0 aromatic rings. The van der Waals surface area contributed by atoms with Crippen molar-refractivity contribution >= 4 is 0 Å². The van der Waals surface area contributed by atoms with Gasteiger partial charge >= 0.3 is 0 Å². The zero-order valence-electron chi connectivity index (χ0n) is 7.82. The van der Waals surface area contributed by atoms with Gasteiger partial charge in [0.15, 0.2) is 0 Å². The Balaban J connectivity index is 3.21. The van der Waals surface area contributed by atoms with Gasteiger partial charge in [-0.05, 0) is 18.3 Å². The highest BCUT2D eigenvalue weighted by Crippen LogP contribution is 2.00. The molecule has 1 nitrogen and oxygen atoms in total. The zero-order chi connectivity index (χ0) is 9.07. The van der Waals surface area contributed by atoms with Crippen LogP contribution in [0.3, 0.4) is 0 Å². The molecule has 0 aromatic carbocycles. The highest BCUT2D eigenvalue weighted by molar-refractivity contribution is 5.25. The quantitative estimate of drug-likeness (QED) is 0.497. The van der Waals surface area contributed by atoms with E-state index in [-0.39, 0.29) is 0 Å². The van der Waals surface area contributed by atoms with Crippen LogP contribution in [0.25, 0.3) is 0 Å². The minimum Gasteiger partial charge on any atom is -0.320 e. The lowest BCUT2D eigenvalue weighted by Gasteiger charge is -1.90. The number of rotatable bonds is 4. The largest absolute Gasteiger partial charge is 0.320 e. The zero-order valence-corrected chi connectivity index (χ0v) is 7.82. The lowest BCUT2D eigenvalue weighted by atomic mass is 10.2. The van der Waals surface area contributed by atoms with E-state index in [1.165, 1.54) is 25.7 Å². The Bertz CT molecular complexity index is 197. The Labute approximate surface area is 75.7 Å². The van der Waals surface area contributed by atoms with Gasteiger partial charge in [-0.3, -0.25) is 0 Å². The SMILES string of the molecule is CCCCCCC#CC#CCN. The normalized spacial score (nSPS) is 7.83. The number of hydrogen-bond acceptors (Lipinski definition) is 1. The summed E-state index contributed by atoms with van der Waals surface area (Å²) in [5.74, 6) is 11.2. The standard InChI is InChI=1S/C11H17N/c1-2-3-4-5-6-7-8-9-10-11-12/h2-6,11-12H2,1H3. The van der Waals surface area contributed by atoms with Crippen molar-refractivity contribution in [1.82, 2.24) is 0 Å². The average Bonchev–Trinajstić information content (AvgIpc) is 2.10. The third-order valence-electron chi connectivity index (χ3n) is 1.50. The molecule has 0 saturated heterocycles. The smallest absolute Gasteiger partial charge is 0.0561 e. The van der Waals surface area contributed by atoms with Crippen molar-refractivity contribution in [2.24, 2.45) is 5.73 Å². The first-order valence-electron chi connectivity index (χ1n) is 4.57. The summed E-state index contributed by atoms with van der Waals surface area (Å²) >= 11 is 0. The predicted octanol–water partition coefficient (Wildman–Crippen LogP) is 1.92. The highest BCUT2D eigenvalue weighted by Gasteiger charge is 1.82. The van der Waals surface area contributed by atoms with E-state index in [0.717, 1.165) is 6.42 Å². The second-order valence-corrected chi connectivity index (χ2v) is 2.62. The van der Waals surface area contributed by atoms with Crippen molar-refractivity contribution in [2.75, 3.05) is 6.54 Å². The number of nitrogens with two attached hydrogens (primary N) is 1. The molecule has 0 radical (unpaired) electrons. The molecule has 1 heteroatoms. The van der Waals surface area contributed by atoms with E-state index in [4.69, 9.17) is 5.73 Å². The predicted molar refractivity (Wildman–Crippen MR) is 53.4 cm³/mol. The first kappa shape index (κ1) is 11.1. The van der Waals surface area contributed by atoms with Crippen LogP contribution >= 0.6 is 0 Å². The second kappa shape index (κ2) is 10.1. The summed E-state index contributed by atoms with van der Waals surface area (Å²) in [4.78, 5) is 0. The fourth-order valence-electron chi connectivity index (χ4n) is 0.842. The molecule has 0 fully saturated rings. The molecule has 12 heavy (non-hydrogen) atoms. The van der Waals surface area contributed by atoms with Crippen molar-refractivity contribution in [3.63, 3.8) is 0 Å². The van der Waals surface area contributed by atoms with Gasteiger partial charge in [-0.1, -0.05) is 38.0 Å². The second-order valence-electron chi connectivity index (χ2n) is 2.62. The van der Waals surface area contributed by atoms with Gasteiger partial charge in [0.25, 0.3) is 0 Å². The Morgan fingerprint density at radius 1 is 1.00 bits per heavy atom. The van der Waals surface area contributed by atoms with Crippen LogP contribution in [0.15, 0.2) is 0 Å². The topological polar surface area (TPSA) is 26.0 Å². The molecule has 0 aliphatic carbocycles. The molecule has 0 aromatic heterocycles. The van der Waals surface area contributed by atoms with Crippen molar-refractivity contribution in [1.29, 1.82) is 0 Å². The van der Waals surface area contributed by atoms with Crippen molar-refractivity contribution in [3.8, 4) is 23.7 Å². The maximum Gasteiger partial charge on any atom is 0.0561 e. The average molecular weight is 163 g/mol. The Morgan fingerprint density at radius 2 is 1.75 bits per heavy atom.